The van der Waals surface area contributed by atoms with E-state index in [1.807, 2.05) is 0 Å². The number of nitrogens with one attached hydrogen (secondary N) is 2. The molecule has 1 aromatic heterocycles. The van der Waals surface area contributed by atoms with Crippen LogP contribution in [0.4, 0.5) is 5.69 Å². The van der Waals surface area contributed by atoms with Crippen LogP contribution in [0.5, 0.6) is 5.75 Å². The molecule has 0 radical (unpaired) electrons. The van der Waals surface area contributed by atoms with Crippen LogP contribution in [-0.2, 0) is 16.6 Å². The van der Waals surface area contributed by atoms with Gasteiger partial charge in [0.05, 0.1) is 16.6 Å². The zero-order valence-electron chi connectivity index (χ0n) is 10.9. The lowest BCUT2D eigenvalue weighted by Gasteiger charge is -2.07. The van der Waals surface area contributed by atoms with Crippen LogP contribution in [0.15, 0.2) is 33.8 Å². The summed E-state index contributed by atoms with van der Waals surface area (Å²) in [7, 11) is -2.30. The Balaban J connectivity index is 2.11. The maximum atomic E-state index is 11.5. The molecule has 6 nitrogen and oxygen atoms in total. The SMILES string of the molecule is CNS(=O)(=O)c1ccc(CNc2cc(Cl)c(O)c(Cl)c2)o1. The predicted molar refractivity (Wildman–Crippen MR) is 80.4 cm³/mol. The molecule has 9 heteroatoms. The van der Waals surface area contributed by atoms with Crippen LogP contribution in [0.2, 0.25) is 10.0 Å². The second-order valence-electron chi connectivity index (χ2n) is 4.07. The average molecular weight is 351 g/mol. The van der Waals surface area contributed by atoms with Crippen molar-refractivity contribution in [3.05, 3.63) is 40.1 Å². The second kappa shape index (κ2) is 6.15. The largest absolute Gasteiger partial charge is 0.505 e. The third-order valence-corrected chi connectivity index (χ3v) is 4.52. The topological polar surface area (TPSA) is 91.6 Å². The number of hydrogen-bond donors (Lipinski definition) is 3. The highest BCUT2D eigenvalue weighted by atomic mass is 35.5. The fourth-order valence-corrected chi connectivity index (χ4v) is 2.71. The monoisotopic (exact) mass is 350 g/mol. The maximum absolute atomic E-state index is 11.5. The summed E-state index contributed by atoms with van der Waals surface area (Å²) in [6.45, 7) is 0.233. The molecule has 2 rings (SSSR count). The molecule has 0 aliphatic carbocycles. The van der Waals surface area contributed by atoms with E-state index in [-0.39, 0.29) is 27.4 Å². The van der Waals surface area contributed by atoms with Crippen LogP contribution in [0, 0.1) is 0 Å². The van der Waals surface area contributed by atoms with Crippen LogP contribution < -0.4 is 10.0 Å². The number of furan rings is 1. The van der Waals surface area contributed by atoms with Crippen molar-refractivity contribution in [1.29, 1.82) is 0 Å². The van der Waals surface area contributed by atoms with Gasteiger partial charge in [0.2, 0.25) is 5.09 Å². The van der Waals surface area contributed by atoms with E-state index in [4.69, 9.17) is 27.6 Å². The fraction of sp³-hybridized carbons (Fsp3) is 0.167. The minimum Gasteiger partial charge on any atom is -0.505 e. The van der Waals surface area contributed by atoms with Crippen molar-refractivity contribution < 1.29 is 17.9 Å². The lowest BCUT2D eigenvalue weighted by molar-refractivity contribution is 0.417. The minimum atomic E-state index is -3.60. The van der Waals surface area contributed by atoms with Crippen molar-refractivity contribution in [2.24, 2.45) is 0 Å². The van der Waals surface area contributed by atoms with Gasteiger partial charge in [-0.1, -0.05) is 23.2 Å². The summed E-state index contributed by atoms with van der Waals surface area (Å²) < 4.78 is 30.4. The summed E-state index contributed by atoms with van der Waals surface area (Å²) in [5, 5.41) is 12.5. The van der Waals surface area contributed by atoms with Gasteiger partial charge in [-0.15, -0.1) is 0 Å². The Hall–Kier alpha value is -1.41. The summed E-state index contributed by atoms with van der Waals surface area (Å²) in [6.07, 6.45) is 0. The molecule has 0 saturated heterocycles. The van der Waals surface area contributed by atoms with Crippen molar-refractivity contribution in [2.75, 3.05) is 12.4 Å². The third kappa shape index (κ3) is 3.62. The Morgan fingerprint density at radius 1 is 1.24 bits per heavy atom. The molecule has 3 N–H and O–H groups in total. The van der Waals surface area contributed by atoms with E-state index in [2.05, 4.69) is 10.0 Å². The Morgan fingerprint density at radius 3 is 2.43 bits per heavy atom. The van der Waals surface area contributed by atoms with Crippen molar-refractivity contribution in [1.82, 2.24) is 4.72 Å². The smallest absolute Gasteiger partial charge is 0.273 e. The van der Waals surface area contributed by atoms with Gasteiger partial charge in [-0.3, -0.25) is 0 Å². The molecular formula is C12H12Cl2N2O4S. The van der Waals surface area contributed by atoms with Crippen LogP contribution in [-0.4, -0.2) is 20.6 Å². The van der Waals surface area contributed by atoms with Crippen LogP contribution in [0.1, 0.15) is 5.76 Å². The van der Waals surface area contributed by atoms with Gasteiger partial charge < -0.3 is 14.8 Å². The molecule has 2 aromatic rings. The molecule has 1 heterocycles. The first-order valence-electron chi connectivity index (χ1n) is 5.77. The normalized spacial score (nSPS) is 11.6. The summed E-state index contributed by atoms with van der Waals surface area (Å²) in [5.41, 5.74) is 0.567. The first-order chi connectivity index (χ1) is 9.83. The van der Waals surface area contributed by atoms with Crippen molar-refractivity contribution >= 4 is 38.9 Å². The molecule has 1 aromatic carbocycles. The van der Waals surface area contributed by atoms with Crippen molar-refractivity contribution in [2.45, 2.75) is 11.6 Å². The van der Waals surface area contributed by atoms with Crippen LogP contribution >= 0.6 is 23.2 Å². The van der Waals surface area contributed by atoms with E-state index >= 15 is 0 Å². The molecule has 0 aliphatic heterocycles. The molecule has 0 aliphatic rings. The number of phenolic OH excluding ortho intramolecular Hbond substituents is 1. The molecule has 0 unspecified atom stereocenters. The zero-order chi connectivity index (χ0) is 15.6. The lowest BCUT2D eigenvalue weighted by Crippen LogP contribution is -2.17. The van der Waals surface area contributed by atoms with Gasteiger partial charge in [-0.25, -0.2) is 13.1 Å². The first kappa shape index (κ1) is 16.0. The van der Waals surface area contributed by atoms with Gasteiger partial charge in [0.25, 0.3) is 10.0 Å². The van der Waals surface area contributed by atoms with E-state index < -0.39 is 10.0 Å². The molecular weight excluding hydrogens is 339 g/mol. The number of sulfonamides is 1. The van der Waals surface area contributed by atoms with E-state index in [1.165, 1.54) is 25.2 Å². The van der Waals surface area contributed by atoms with E-state index in [0.717, 1.165) is 0 Å². The Labute approximate surface area is 131 Å². The van der Waals surface area contributed by atoms with Gasteiger partial charge in [-0.05, 0) is 31.3 Å². The van der Waals surface area contributed by atoms with Gasteiger partial charge >= 0.3 is 0 Å². The van der Waals surface area contributed by atoms with Crippen molar-refractivity contribution in [3.8, 4) is 5.75 Å². The Kier molecular flexibility index (Phi) is 4.67. The van der Waals surface area contributed by atoms with Crippen molar-refractivity contribution in [3.63, 3.8) is 0 Å². The summed E-state index contributed by atoms with van der Waals surface area (Å²) >= 11 is 11.6. The second-order valence-corrected chi connectivity index (χ2v) is 6.70. The Bertz CT molecular complexity index is 735. The average Bonchev–Trinajstić information content (AvgIpc) is 2.92. The molecule has 0 saturated carbocycles. The standard InChI is InChI=1S/C12H12Cl2N2O4S/c1-15-21(18,19)11-3-2-8(20-11)6-16-7-4-9(13)12(17)10(14)5-7/h2-5,15-17H,6H2,1H3. The quantitative estimate of drug-likeness (QED) is 0.721. The third-order valence-electron chi connectivity index (χ3n) is 2.65. The molecule has 0 fully saturated rings. The highest BCUT2D eigenvalue weighted by Crippen LogP contribution is 2.34. The zero-order valence-corrected chi connectivity index (χ0v) is 13.2. The summed E-state index contributed by atoms with van der Waals surface area (Å²) in [4.78, 5) is 0. The molecule has 0 atom stereocenters. The summed E-state index contributed by atoms with van der Waals surface area (Å²) in [5.74, 6) is 0.230. The molecule has 21 heavy (non-hydrogen) atoms. The molecule has 0 amide bonds. The van der Waals surface area contributed by atoms with E-state index in [1.54, 1.807) is 6.07 Å². The molecule has 0 bridgehead atoms. The number of aromatic hydroxyl groups is 1. The maximum Gasteiger partial charge on any atom is 0.273 e. The van der Waals surface area contributed by atoms with E-state index in [9.17, 15) is 13.5 Å². The number of halogens is 2. The number of phenols is 1. The molecule has 0 spiro atoms. The highest BCUT2D eigenvalue weighted by molar-refractivity contribution is 7.89. The van der Waals surface area contributed by atoms with Gasteiger partial charge in [0.1, 0.15) is 5.76 Å². The summed E-state index contributed by atoms with van der Waals surface area (Å²) in [6, 6.07) is 5.90. The Morgan fingerprint density at radius 2 is 1.86 bits per heavy atom. The lowest BCUT2D eigenvalue weighted by atomic mass is 10.3. The number of hydrogen-bond acceptors (Lipinski definition) is 5. The van der Waals surface area contributed by atoms with Gasteiger partial charge in [0.15, 0.2) is 5.75 Å². The van der Waals surface area contributed by atoms with Crippen LogP contribution in [0.3, 0.4) is 0 Å². The van der Waals surface area contributed by atoms with E-state index in [0.29, 0.717) is 11.4 Å². The molecule has 114 valence electrons. The highest BCUT2D eigenvalue weighted by Gasteiger charge is 2.16. The fourth-order valence-electron chi connectivity index (χ4n) is 1.56. The first-order valence-corrected chi connectivity index (χ1v) is 8.01. The minimum absolute atomic E-state index is 0.114. The van der Waals surface area contributed by atoms with Crippen LogP contribution in [0.25, 0.3) is 0 Å². The number of anilines is 1. The van der Waals surface area contributed by atoms with Gasteiger partial charge in [0, 0.05) is 5.69 Å². The van der Waals surface area contributed by atoms with Gasteiger partial charge in [-0.2, -0.15) is 0 Å². The number of rotatable bonds is 5. The predicted octanol–water partition coefficient (Wildman–Crippen LogP) is 2.81. The number of benzene rings is 1.